The number of hydrogen-bond acceptors (Lipinski definition) is 9. The minimum atomic E-state index is -0.605. The van der Waals surface area contributed by atoms with Gasteiger partial charge >= 0.3 is 5.69 Å². The van der Waals surface area contributed by atoms with E-state index in [1.807, 2.05) is 6.92 Å². The summed E-state index contributed by atoms with van der Waals surface area (Å²) in [5.41, 5.74) is 2.75. The SMILES string of the molecule is Cc1cnc(Sc2ncnc(NN)c2[N+](=O)[O-])nc1. The van der Waals surface area contributed by atoms with Crippen molar-refractivity contribution in [2.75, 3.05) is 5.43 Å². The van der Waals surface area contributed by atoms with Crippen LogP contribution in [0.4, 0.5) is 11.5 Å². The molecule has 2 heterocycles. The molecule has 0 bridgehead atoms. The van der Waals surface area contributed by atoms with Crippen molar-refractivity contribution < 1.29 is 4.92 Å². The van der Waals surface area contributed by atoms with Gasteiger partial charge in [-0.2, -0.15) is 0 Å². The summed E-state index contributed by atoms with van der Waals surface area (Å²) >= 11 is 0.970. The lowest BCUT2D eigenvalue weighted by molar-refractivity contribution is -0.387. The number of aryl methyl sites for hydroxylation is 1. The predicted molar refractivity (Wildman–Crippen MR) is 67.4 cm³/mol. The maximum atomic E-state index is 11.0. The average molecular weight is 279 g/mol. The quantitative estimate of drug-likeness (QED) is 0.275. The number of anilines is 1. The lowest BCUT2D eigenvalue weighted by Gasteiger charge is -2.04. The molecule has 0 fully saturated rings. The van der Waals surface area contributed by atoms with E-state index in [1.165, 1.54) is 6.33 Å². The van der Waals surface area contributed by atoms with E-state index in [-0.39, 0.29) is 16.5 Å². The molecule has 10 heteroatoms. The van der Waals surface area contributed by atoms with Crippen molar-refractivity contribution in [2.45, 2.75) is 17.1 Å². The Morgan fingerprint density at radius 1 is 1.32 bits per heavy atom. The molecule has 0 aliphatic carbocycles. The van der Waals surface area contributed by atoms with Gasteiger partial charge in [-0.15, -0.1) is 0 Å². The molecule has 9 nitrogen and oxygen atoms in total. The zero-order valence-electron chi connectivity index (χ0n) is 9.77. The zero-order valence-corrected chi connectivity index (χ0v) is 10.6. The zero-order chi connectivity index (χ0) is 13.8. The summed E-state index contributed by atoms with van der Waals surface area (Å²) < 4.78 is 0. The number of nitrogen functional groups attached to an aromatic ring is 1. The predicted octanol–water partition coefficient (Wildman–Crippen LogP) is 0.920. The Balaban J connectivity index is 2.39. The molecule has 98 valence electrons. The lowest BCUT2D eigenvalue weighted by Crippen LogP contribution is -2.12. The molecule has 0 radical (unpaired) electrons. The third-order valence-electron chi connectivity index (χ3n) is 2.05. The first kappa shape index (κ1) is 13.1. The molecule has 19 heavy (non-hydrogen) atoms. The van der Waals surface area contributed by atoms with Crippen LogP contribution in [0.3, 0.4) is 0 Å². The molecule has 0 spiro atoms. The summed E-state index contributed by atoms with van der Waals surface area (Å²) in [5.74, 6) is 5.12. The van der Waals surface area contributed by atoms with Crippen molar-refractivity contribution in [3.63, 3.8) is 0 Å². The third kappa shape index (κ3) is 2.92. The van der Waals surface area contributed by atoms with Gasteiger partial charge in [0.2, 0.25) is 5.82 Å². The maximum Gasteiger partial charge on any atom is 0.345 e. The van der Waals surface area contributed by atoms with Crippen molar-refractivity contribution in [1.82, 2.24) is 19.9 Å². The van der Waals surface area contributed by atoms with E-state index in [9.17, 15) is 10.1 Å². The van der Waals surface area contributed by atoms with Crippen LogP contribution >= 0.6 is 11.8 Å². The maximum absolute atomic E-state index is 11.0. The molecule has 2 rings (SSSR count). The van der Waals surface area contributed by atoms with Crippen LogP contribution in [0.25, 0.3) is 0 Å². The van der Waals surface area contributed by atoms with Gasteiger partial charge in [0, 0.05) is 12.4 Å². The van der Waals surface area contributed by atoms with Gasteiger partial charge in [-0.25, -0.2) is 25.8 Å². The van der Waals surface area contributed by atoms with Crippen LogP contribution in [0.1, 0.15) is 5.56 Å². The minimum absolute atomic E-state index is 0.0605. The molecule has 0 atom stereocenters. The summed E-state index contributed by atoms with van der Waals surface area (Å²) in [4.78, 5) is 26.1. The smallest absolute Gasteiger partial charge is 0.303 e. The Morgan fingerprint density at radius 2 is 2.00 bits per heavy atom. The highest BCUT2D eigenvalue weighted by Gasteiger charge is 2.23. The molecular weight excluding hydrogens is 270 g/mol. The van der Waals surface area contributed by atoms with Crippen LogP contribution in [0, 0.1) is 17.0 Å². The standard InChI is InChI=1S/C9H9N7O2S/c1-5-2-11-9(12-3-5)19-8-6(16(17)18)7(15-10)13-4-14-8/h2-4H,10H2,1H3,(H,13,14,15). The lowest BCUT2D eigenvalue weighted by atomic mass is 10.4. The van der Waals surface area contributed by atoms with Gasteiger partial charge < -0.3 is 5.43 Å². The second kappa shape index (κ2) is 5.54. The van der Waals surface area contributed by atoms with Crippen LogP contribution in [0.15, 0.2) is 28.9 Å². The van der Waals surface area contributed by atoms with Crippen molar-refractivity contribution in [2.24, 2.45) is 5.84 Å². The molecular formula is C9H9N7O2S. The van der Waals surface area contributed by atoms with E-state index in [1.54, 1.807) is 12.4 Å². The molecule has 0 aromatic carbocycles. The first-order chi connectivity index (χ1) is 9.11. The molecule has 0 saturated heterocycles. The molecule has 0 saturated carbocycles. The molecule has 2 aromatic rings. The number of nitrogens with one attached hydrogen (secondary N) is 1. The molecule has 0 amide bonds. The Hall–Kier alpha value is -2.33. The number of hydrazine groups is 1. The second-order valence-corrected chi connectivity index (χ2v) is 4.38. The number of hydrogen-bond donors (Lipinski definition) is 2. The minimum Gasteiger partial charge on any atom is -0.303 e. The fourth-order valence-corrected chi connectivity index (χ4v) is 1.98. The topological polar surface area (TPSA) is 133 Å². The fourth-order valence-electron chi connectivity index (χ4n) is 1.23. The van der Waals surface area contributed by atoms with Gasteiger partial charge in [0.15, 0.2) is 10.2 Å². The Morgan fingerprint density at radius 3 is 2.58 bits per heavy atom. The van der Waals surface area contributed by atoms with E-state index in [2.05, 4.69) is 25.4 Å². The highest BCUT2D eigenvalue weighted by Crippen LogP contribution is 2.34. The monoisotopic (exact) mass is 279 g/mol. The molecule has 3 N–H and O–H groups in total. The highest BCUT2D eigenvalue weighted by molar-refractivity contribution is 7.99. The Labute approximate surface area is 111 Å². The largest absolute Gasteiger partial charge is 0.345 e. The fraction of sp³-hybridized carbons (Fsp3) is 0.111. The summed E-state index contributed by atoms with van der Waals surface area (Å²) in [7, 11) is 0. The van der Waals surface area contributed by atoms with Crippen LogP contribution in [-0.4, -0.2) is 24.9 Å². The number of nitrogens with two attached hydrogens (primary N) is 1. The Kier molecular flexibility index (Phi) is 3.82. The average Bonchev–Trinajstić information content (AvgIpc) is 2.40. The molecule has 2 aromatic heterocycles. The summed E-state index contributed by atoms with van der Waals surface area (Å²) in [6.45, 7) is 1.85. The number of nitrogens with zero attached hydrogens (tertiary/aromatic N) is 5. The second-order valence-electron chi connectivity index (χ2n) is 3.42. The van der Waals surface area contributed by atoms with Gasteiger partial charge in [0.25, 0.3) is 0 Å². The normalized spacial score (nSPS) is 10.2. The Bertz CT molecular complexity index is 604. The van der Waals surface area contributed by atoms with Gasteiger partial charge in [-0.05, 0) is 24.2 Å². The van der Waals surface area contributed by atoms with E-state index in [4.69, 9.17) is 5.84 Å². The summed E-state index contributed by atoms with van der Waals surface area (Å²) in [6, 6.07) is 0. The number of aromatic nitrogens is 4. The van der Waals surface area contributed by atoms with Crippen molar-refractivity contribution in [3.05, 3.63) is 34.4 Å². The molecule has 0 unspecified atom stereocenters. The van der Waals surface area contributed by atoms with Crippen LogP contribution in [0.2, 0.25) is 0 Å². The van der Waals surface area contributed by atoms with Crippen LogP contribution in [0.5, 0.6) is 0 Å². The van der Waals surface area contributed by atoms with Gasteiger partial charge in [0.05, 0.1) is 4.92 Å². The first-order valence-electron chi connectivity index (χ1n) is 5.04. The summed E-state index contributed by atoms with van der Waals surface area (Å²) in [5, 5.41) is 11.5. The van der Waals surface area contributed by atoms with Crippen LogP contribution in [-0.2, 0) is 0 Å². The van der Waals surface area contributed by atoms with E-state index < -0.39 is 4.92 Å². The summed E-state index contributed by atoms with van der Waals surface area (Å²) in [6.07, 6.45) is 4.41. The van der Waals surface area contributed by atoms with Gasteiger partial charge in [0.1, 0.15) is 6.33 Å². The van der Waals surface area contributed by atoms with Crippen molar-refractivity contribution in [1.29, 1.82) is 0 Å². The first-order valence-corrected chi connectivity index (χ1v) is 5.86. The third-order valence-corrected chi connectivity index (χ3v) is 2.94. The van der Waals surface area contributed by atoms with Crippen molar-refractivity contribution >= 4 is 23.3 Å². The van der Waals surface area contributed by atoms with E-state index >= 15 is 0 Å². The number of nitro groups is 1. The molecule has 0 aliphatic rings. The van der Waals surface area contributed by atoms with E-state index in [0.29, 0.717) is 5.16 Å². The van der Waals surface area contributed by atoms with Gasteiger partial charge in [-0.3, -0.25) is 10.1 Å². The van der Waals surface area contributed by atoms with Crippen molar-refractivity contribution in [3.8, 4) is 0 Å². The molecule has 0 aliphatic heterocycles. The van der Waals surface area contributed by atoms with Crippen LogP contribution < -0.4 is 11.3 Å². The number of rotatable bonds is 4. The van der Waals surface area contributed by atoms with Gasteiger partial charge in [-0.1, -0.05) is 0 Å². The van der Waals surface area contributed by atoms with E-state index in [0.717, 1.165) is 17.3 Å². The highest BCUT2D eigenvalue weighted by atomic mass is 32.2.